The Hall–Kier alpha value is -3.52. The van der Waals surface area contributed by atoms with Gasteiger partial charge in [-0.15, -0.1) is 0 Å². The number of carbonyl (C=O) groups is 2. The molecule has 4 rings (SSSR count). The molecule has 1 heterocycles. The van der Waals surface area contributed by atoms with Gasteiger partial charge in [0, 0.05) is 23.6 Å². The van der Waals surface area contributed by atoms with E-state index in [1.165, 1.54) is 28.6 Å². The summed E-state index contributed by atoms with van der Waals surface area (Å²) in [5, 5.41) is 0.316. The molecule has 43 heavy (non-hydrogen) atoms. The van der Waals surface area contributed by atoms with E-state index in [0.717, 1.165) is 31.9 Å². The summed E-state index contributed by atoms with van der Waals surface area (Å²) in [6.45, 7) is 4.53. The number of fused-ring (bicyclic) bond motifs is 1. The van der Waals surface area contributed by atoms with Gasteiger partial charge in [-0.25, -0.2) is 22.4 Å². The number of rotatable bonds is 17. The summed E-state index contributed by atoms with van der Waals surface area (Å²) in [4.78, 5) is 24.4. The third-order valence-electron chi connectivity index (χ3n) is 6.85. The molecule has 0 radical (unpaired) electrons. The van der Waals surface area contributed by atoms with Crippen molar-refractivity contribution in [1.29, 1.82) is 0 Å². The molecule has 0 aliphatic heterocycles. The molecule has 1 fully saturated rings. The number of benzene rings is 2. The van der Waals surface area contributed by atoms with Crippen molar-refractivity contribution in [2.45, 2.75) is 38.5 Å². The first-order valence-corrected chi connectivity index (χ1v) is 16.0. The van der Waals surface area contributed by atoms with Crippen molar-refractivity contribution in [2.75, 3.05) is 56.7 Å². The SMILES string of the molecule is CCCCOCCOCCOCCN(c1cc2oc(-c3ccc(F)cc3)c(C(=O)OC(N)=O)c2cc1C1CC1)S(C)(=O)=O. The van der Waals surface area contributed by atoms with Gasteiger partial charge in [0.2, 0.25) is 10.0 Å². The number of primary amides is 1. The van der Waals surface area contributed by atoms with Crippen molar-refractivity contribution in [2.24, 2.45) is 5.73 Å². The van der Waals surface area contributed by atoms with Crippen LogP contribution in [0.1, 0.15) is 54.4 Å². The lowest BCUT2D eigenvalue weighted by Crippen LogP contribution is -2.34. The summed E-state index contributed by atoms with van der Waals surface area (Å²) in [6, 6.07) is 8.47. The monoisotopic (exact) mass is 620 g/mol. The minimum Gasteiger partial charge on any atom is -0.455 e. The van der Waals surface area contributed by atoms with Crippen LogP contribution in [0.15, 0.2) is 40.8 Å². The number of amides is 1. The van der Waals surface area contributed by atoms with Crippen molar-refractivity contribution >= 4 is 38.7 Å². The highest BCUT2D eigenvalue weighted by atomic mass is 32.2. The first kappa shape index (κ1) is 32.4. The standard InChI is InChI=1S/C30H37FN2O9S/c1-3-4-12-38-14-16-40-17-15-39-13-11-33(43(2,36)37)25-19-26-24(18-23(25)20-5-6-20)27(29(34)42-30(32)35)28(41-26)21-7-9-22(31)10-8-21/h7-10,18-20H,3-6,11-17H2,1-2H3,(H2,32,35). The van der Waals surface area contributed by atoms with Crippen LogP contribution < -0.4 is 10.0 Å². The second-order valence-corrected chi connectivity index (χ2v) is 12.1. The van der Waals surface area contributed by atoms with Gasteiger partial charge in [-0.05, 0) is 61.1 Å². The third kappa shape index (κ3) is 8.75. The van der Waals surface area contributed by atoms with E-state index < -0.39 is 27.9 Å². The average molecular weight is 621 g/mol. The molecule has 1 aliphatic rings. The Bertz CT molecular complexity index is 1520. The fourth-order valence-corrected chi connectivity index (χ4v) is 5.56. The number of esters is 1. The maximum Gasteiger partial charge on any atom is 0.412 e. The van der Waals surface area contributed by atoms with Crippen LogP contribution in [0.4, 0.5) is 14.9 Å². The lowest BCUT2D eigenvalue weighted by atomic mass is 10.0. The van der Waals surface area contributed by atoms with Gasteiger partial charge in [0.05, 0.1) is 51.5 Å². The molecule has 2 aromatic carbocycles. The van der Waals surface area contributed by atoms with Crippen LogP contribution >= 0.6 is 0 Å². The Morgan fingerprint density at radius 3 is 2.21 bits per heavy atom. The molecule has 11 nitrogen and oxygen atoms in total. The number of ether oxygens (including phenoxy) is 4. The van der Waals surface area contributed by atoms with Crippen molar-refractivity contribution in [3.63, 3.8) is 0 Å². The summed E-state index contributed by atoms with van der Waals surface area (Å²) in [5.74, 6) is -1.44. The third-order valence-corrected chi connectivity index (χ3v) is 8.03. The predicted octanol–water partition coefficient (Wildman–Crippen LogP) is 4.97. The topological polar surface area (TPSA) is 148 Å². The summed E-state index contributed by atoms with van der Waals surface area (Å²) >= 11 is 0. The van der Waals surface area contributed by atoms with E-state index in [1.54, 1.807) is 12.1 Å². The van der Waals surface area contributed by atoms with E-state index in [9.17, 15) is 22.4 Å². The lowest BCUT2D eigenvalue weighted by Gasteiger charge is -2.25. The zero-order chi connectivity index (χ0) is 31.0. The highest BCUT2D eigenvalue weighted by Crippen LogP contribution is 2.48. The molecule has 2 N–H and O–H groups in total. The second-order valence-electron chi connectivity index (χ2n) is 10.2. The fraction of sp³-hybridized carbons (Fsp3) is 0.467. The Kier molecular flexibility index (Phi) is 11.1. The van der Waals surface area contributed by atoms with Gasteiger partial charge in [0.25, 0.3) is 0 Å². The molecular formula is C30H37FN2O9S. The maximum atomic E-state index is 13.6. The first-order valence-electron chi connectivity index (χ1n) is 14.2. The van der Waals surface area contributed by atoms with E-state index in [4.69, 9.17) is 24.4 Å². The minimum atomic E-state index is -3.75. The molecular weight excluding hydrogens is 583 g/mol. The van der Waals surface area contributed by atoms with Gasteiger partial charge in [-0.3, -0.25) is 4.31 Å². The zero-order valence-corrected chi connectivity index (χ0v) is 25.1. The molecule has 1 saturated carbocycles. The lowest BCUT2D eigenvalue weighted by molar-refractivity contribution is 0.0156. The molecule has 3 aromatic rings. The summed E-state index contributed by atoms with van der Waals surface area (Å²) in [5.41, 5.74) is 6.67. The maximum absolute atomic E-state index is 13.6. The summed E-state index contributed by atoms with van der Waals surface area (Å²) in [7, 11) is -3.75. The molecule has 0 spiro atoms. The molecule has 13 heteroatoms. The van der Waals surface area contributed by atoms with E-state index in [2.05, 4.69) is 11.7 Å². The van der Waals surface area contributed by atoms with Crippen LogP contribution in [0.5, 0.6) is 0 Å². The number of furan rings is 1. The van der Waals surface area contributed by atoms with E-state index in [-0.39, 0.29) is 42.6 Å². The number of sulfonamides is 1. The fourth-order valence-electron chi connectivity index (χ4n) is 4.64. The second kappa shape index (κ2) is 14.8. The number of hydrogen-bond acceptors (Lipinski definition) is 9. The van der Waals surface area contributed by atoms with E-state index >= 15 is 0 Å². The van der Waals surface area contributed by atoms with Gasteiger partial charge in [0.15, 0.2) is 0 Å². The molecule has 0 unspecified atom stereocenters. The van der Waals surface area contributed by atoms with Gasteiger partial charge >= 0.3 is 12.1 Å². The van der Waals surface area contributed by atoms with Crippen LogP contribution in [-0.4, -0.2) is 72.9 Å². The largest absolute Gasteiger partial charge is 0.455 e. The van der Waals surface area contributed by atoms with Crippen LogP contribution in [0.25, 0.3) is 22.3 Å². The highest BCUT2D eigenvalue weighted by molar-refractivity contribution is 7.92. The summed E-state index contributed by atoms with van der Waals surface area (Å²) in [6.07, 6.45) is 3.55. The number of unbranched alkanes of at least 4 members (excludes halogenated alkanes) is 1. The van der Waals surface area contributed by atoms with Crippen LogP contribution in [0, 0.1) is 5.82 Å². The van der Waals surface area contributed by atoms with Crippen LogP contribution in [0.3, 0.4) is 0 Å². The number of halogens is 1. The first-order chi connectivity index (χ1) is 20.6. The Labute approximate surface area is 250 Å². The summed E-state index contributed by atoms with van der Waals surface area (Å²) < 4.78 is 68.2. The van der Waals surface area contributed by atoms with Crippen molar-refractivity contribution < 1.29 is 45.8 Å². The van der Waals surface area contributed by atoms with Gasteiger partial charge in [0.1, 0.15) is 22.7 Å². The Morgan fingerprint density at radius 2 is 1.63 bits per heavy atom. The van der Waals surface area contributed by atoms with E-state index in [1.807, 2.05) is 0 Å². The molecule has 1 amide bonds. The normalized spacial score (nSPS) is 13.4. The molecule has 0 atom stereocenters. The Morgan fingerprint density at radius 1 is 1.00 bits per heavy atom. The molecule has 0 bridgehead atoms. The van der Waals surface area contributed by atoms with Crippen molar-refractivity contribution in [1.82, 2.24) is 0 Å². The minimum absolute atomic E-state index is 0.0325. The van der Waals surface area contributed by atoms with Crippen molar-refractivity contribution in [3.05, 3.63) is 53.3 Å². The number of anilines is 1. The van der Waals surface area contributed by atoms with E-state index in [0.29, 0.717) is 48.6 Å². The number of carbonyl (C=O) groups excluding carboxylic acids is 2. The number of hydrogen-bond donors (Lipinski definition) is 1. The van der Waals surface area contributed by atoms with Crippen molar-refractivity contribution in [3.8, 4) is 11.3 Å². The van der Waals surface area contributed by atoms with Crippen LogP contribution in [-0.2, 0) is 29.0 Å². The Balaban J connectivity index is 1.58. The molecule has 234 valence electrons. The molecule has 0 saturated heterocycles. The van der Waals surface area contributed by atoms with Gasteiger partial charge < -0.3 is 29.1 Å². The quantitative estimate of drug-likeness (QED) is 0.125. The smallest absolute Gasteiger partial charge is 0.412 e. The van der Waals surface area contributed by atoms with Crippen LogP contribution in [0.2, 0.25) is 0 Å². The van der Waals surface area contributed by atoms with Gasteiger partial charge in [-0.2, -0.15) is 0 Å². The highest BCUT2D eigenvalue weighted by Gasteiger charge is 2.33. The predicted molar refractivity (Wildman–Crippen MR) is 158 cm³/mol. The average Bonchev–Trinajstić information content (AvgIpc) is 3.72. The number of nitrogens with zero attached hydrogens (tertiary/aromatic N) is 1. The molecule has 1 aliphatic carbocycles. The van der Waals surface area contributed by atoms with Gasteiger partial charge in [-0.1, -0.05) is 13.3 Å². The number of nitrogens with two attached hydrogens (primary N) is 1. The molecule has 1 aromatic heterocycles. The zero-order valence-electron chi connectivity index (χ0n) is 24.3.